The van der Waals surface area contributed by atoms with Gasteiger partial charge in [0.05, 0.1) is 0 Å². The fourth-order valence-corrected chi connectivity index (χ4v) is 0.396. The van der Waals surface area contributed by atoms with Gasteiger partial charge in [-0.15, -0.1) is 0 Å². The van der Waals surface area contributed by atoms with E-state index in [0.29, 0.717) is 0 Å². The highest BCUT2D eigenvalue weighted by Crippen LogP contribution is 1.95. The second kappa shape index (κ2) is 1.71. The maximum absolute atomic E-state index is 10.3. The Balaban J connectivity index is 2.82. The summed E-state index contributed by atoms with van der Waals surface area (Å²) >= 11 is 0. The number of hydrogen-bond donors (Lipinski definition) is 1. The van der Waals surface area contributed by atoms with E-state index in [9.17, 15) is 4.79 Å². The average molecular weight is 128 g/mol. The Labute approximate surface area is 51.5 Å². The molecule has 0 aliphatic carbocycles. The van der Waals surface area contributed by atoms with Crippen molar-refractivity contribution in [1.29, 1.82) is 0 Å². The van der Waals surface area contributed by atoms with Gasteiger partial charge in [0.1, 0.15) is 7.05 Å². The molecule has 1 atom stereocenters. The maximum atomic E-state index is 10.3. The number of amides is 1. The molecule has 9 heavy (non-hydrogen) atoms. The summed E-state index contributed by atoms with van der Waals surface area (Å²) in [6, 6.07) is 0. The molecule has 1 N–H and O–H groups in total. The van der Waals surface area contributed by atoms with Crippen LogP contribution in [0.4, 0.5) is 0 Å². The van der Waals surface area contributed by atoms with Gasteiger partial charge in [0.15, 0.2) is 6.21 Å². The van der Waals surface area contributed by atoms with Crippen molar-refractivity contribution in [2.75, 3.05) is 7.05 Å². The van der Waals surface area contributed by atoms with Crippen LogP contribution in [0.5, 0.6) is 0 Å². The van der Waals surface area contributed by atoms with E-state index < -0.39 is 10.7 Å². The van der Waals surface area contributed by atoms with Gasteiger partial charge in [0, 0.05) is 0 Å². The lowest BCUT2D eigenvalue weighted by Crippen LogP contribution is -2.35. The normalized spacial score (nSPS) is 33.3. The number of carbonyl (C=O) groups excluding carboxylic acids is 1. The first-order valence-corrected chi connectivity index (χ1v) is 2.34. The third-order valence-corrected chi connectivity index (χ3v) is 0.806. The quantitative estimate of drug-likeness (QED) is 0.442. The number of hydroxylamine groups is 2. The summed E-state index contributed by atoms with van der Waals surface area (Å²) in [7, 11) is 1.38. The van der Waals surface area contributed by atoms with Crippen LogP contribution in [0.1, 0.15) is 0 Å². The van der Waals surface area contributed by atoms with Crippen molar-refractivity contribution in [3.8, 4) is 0 Å². The summed E-state index contributed by atoms with van der Waals surface area (Å²) in [5.74, 6) is -0.445. The number of carbonyl (C=O) groups is 1. The minimum absolute atomic E-state index is 0.445. The lowest BCUT2D eigenvalue weighted by atomic mass is 10.7. The van der Waals surface area contributed by atoms with Crippen LogP contribution in [0.3, 0.4) is 0 Å². The Morgan fingerprint density at radius 3 is 2.78 bits per heavy atom. The molecule has 0 bridgehead atoms. The van der Waals surface area contributed by atoms with E-state index in [0.717, 1.165) is 12.6 Å². The summed E-state index contributed by atoms with van der Waals surface area (Å²) in [6.45, 7) is 0. The van der Waals surface area contributed by atoms with Crippen molar-refractivity contribution in [1.82, 2.24) is 0 Å². The summed E-state index contributed by atoms with van der Waals surface area (Å²) in [5, 5.41) is 12.3. The van der Waals surface area contributed by atoms with Gasteiger partial charge < -0.3 is 0 Å². The molecule has 48 valence electrons. The van der Waals surface area contributed by atoms with Crippen molar-refractivity contribution in [3.63, 3.8) is 0 Å². The molecule has 0 radical (unpaired) electrons. The SMILES string of the molecule is C[N+]1(O)C=NC(=O)C=N1. The zero-order valence-corrected chi connectivity index (χ0v) is 4.85. The minimum atomic E-state index is -0.703. The molecule has 0 saturated heterocycles. The summed E-state index contributed by atoms with van der Waals surface area (Å²) in [5.41, 5.74) is 0. The molecule has 1 amide bonds. The van der Waals surface area contributed by atoms with Crippen molar-refractivity contribution in [2.45, 2.75) is 0 Å². The molecule has 0 aromatic rings. The molecule has 1 rings (SSSR count). The molecule has 1 unspecified atom stereocenters. The van der Waals surface area contributed by atoms with E-state index in [2.05, 4.69) is 10.1 Å². The van der Waals surface area contributed by atoms with E-state index >= 15 is 0 Å². The van der Waals surface area contributed by atoms with Crippen molar-refractivity contribution in [2.24, 2.45) is 10.1 Å². The second-order valence-corrected chi connectivity index (χ2v) is 1.81. The van der Waals surface area contributed by atoms with Gasteiger partial charge in [-0.3, -0.25) is 4.79 Å². The third-order valence-electron chi connectivity index (χ3n) is 0.806. The molecular weight excluding hydrogens is 122 g/mol. The molecule has 0 aromatic heterocycles. The van der Waals surface area contributed by atoms with E-state index in [-0.39, 0.29) is 0 Å². The minimum Gasteiger partial charge on any atom is -0.265 e. The Hall–Kier alpha value is -1.07. The Bertz CT molecular complexity index is 176. The van der Waals surface area contributed by atoms with Gasteiger partial charge in [0.25, 0.3) is 12.2 Å². The zero-order valence-electron chi connectivity index (χ0n) is 4.85. The Kier molecular flexibility index (Phi) is 1.15. The number of aliphatic imine (C=N–C) groups is 1. The molecule has 5 heteroatoms. The first-order chi connectivity index (χ1) is 4.10. The fourth-order valence-electron chi connectivity index (χ4n) is 0.396. The predicted molar refractivity (Wildman–Crippen MR) is 30.0 cm³/mol. The predicted octanol–water partition coefficient (Wildman–Crippen LogP) is -0.624. The van der Waals surface area contributed by atoms with Crippen LogP contribution in [0.25, 0.3) is 0 Å². The van der Waals surface area contributed by atoms with Crippen LogP contribution in [-0.2, 0) is 4.79 Å². The topological polar surface area (TPSA) is 62.0 Å². The molecule has 0 saturated carbocycles. The number of nitrogens with zero attached hydrogens (tertiary/aromatic N) is 3. The zero-order chi connectivity index (χ0) is 6.91. The highest BCUT2D eigenvalue weighted by Gasteiger charge is 2.18. The van der Waals surface area contributed by atoms with Gasteiger partial charge in [-0.25, -0.2) is 0 Å². The van der Waals surface area contributed by atoms with Crippen molar-refractivity contribution < 1.29 is 14.8 Å². The van der Waals surface area contributed by atoms with Crippen molar-refractivity contribution >= 4 is 18.5 Å². The number of rotatable bonds is 0. The van der Waals surface area contributed by atoms with Gasteiger partial charge in [0.2, 0.25) is 0 Å². The first-order valence-electron chi connectivity index (χ1n) is 2.34. The highest BCUT2D eigenvalue weighted by molar-refractivity contribution is 6.28. The maximum Gasteiger partial charge on any atom is 0.298 e. The second-order valence-electron chi connectivity index (χ2n) is 1.81. The fraction of sp³-hybridized carbons (Fsp3) is 0.250. The standard InChI is InChI=1S/C4H6N3O2/c1-7(9)3-5-4(8)2-6-7/h2-3,9H,1H3/q+1. The summed E-state index contributed by atoms with van der Waals surface area (Å²) in [4.78, 5) is 13.6. The lowest BCUT2D eigenvalue weighted by molar-refractivity contribution is -1.02. The lowest BCUT2D eigenvalue weighted by Gasteiger charge is -2.11. The molecular formula is C4H6N3O2+. The van der Waals surface area contributed by atoms with Gasteiger partial charge in [-0.1, -0.05) is 0 Å². The summed E-state index contributed by atoms with van der Waals surface area (Å²) < 4.78 is -0.703. The first kappa shape index (κ1) is 6.06. The van der Waals surface area contributed by atoms with E-state index in [4.69, 9.17) is 5.21 Å². The Morgan fingerprint density at radius 1 is 1.78 bits per heavy atom. The van der Waals surface area contributed by atoms with Crippen LogP contribution in [0.15, 0.2) is 10.1 Å². The average Bonchev–Trinajstić information content (AvgIpc) is 1.78. The Morgan fingerprint density at radius 2 is 2.44 bits per heavy atom. The molecule has 5 nitrogen and oxygen atoms in total. The van der Waals surface area contributed by atoms with Gasteiger partial charge in [-0.2, -0.15) is 10.2 Å². The van der Waals surface area contributed by atoms with Crippen molar-refractivity contribution in [3.05, 3.63) is 0 Å². The number of hydrogen-bond acceptors (Lipinski definition) is 3. The van der Waals surface area contributed by atoms with Crippen LogP contribution < -0.4 is 0 Å². The van der Waals surface area contributed by atoms with Crippen LogP contribution in [-0.4, -0.2) is 35.5 Å². The molecule has 1 heterocycles. The van der Waals surface area contributed by atoms with E-state index in [1.807, 2.05) is 0 Å². The highest BCUT2D eigenvalue weighted by atomic mass is 16.6. The molecule has 0 spiro atoms. The number of quaternary nitrogens is 1. The molecule has 0 aromatic carbocycles. The van der Waals surface area contributed by atoms with Gasteiger partial charge >= 0.3 is 0 Å². The largest absolute Gasteiger partial charge is 0.298 e. The third kappa shape index (κ3) is 1.41. The molecule has 1 aliphatic heterocycles. The summed E-state index contributed by atoms with van der Waals surface area (Å²) in [6.07, 6.45) is 2.02. The monoisotopic (exact) mass is 128 g/mol. The van der Waals surface area contributed by atoms with Gasteiger partial charge in [-0.05, 0) is 9.86 Å². The van der Waals surface area contributed by atoms with E-state index in [1.54, 1.807) is 0 Å². The van der Waals surface area contributed by atoms with Crippen LogP contribution >= 0.6 is 0 Å². The van der Waals surface area contributed by atoms with E-state index in [1.165, 1.54) is 7.05 Å². The molecule has 0 fully saturated rings. The molecule has 1 aliphatic rings. The van der Waals surface area contributed by atoms with Crippen LogP contribution in [0, 0.1) is 0 Å². The smallest absolute Gasteiger partial charge is 0.265 e. The van der Waals surface area contributed by atoms with Crippen LogP contribution in [0.2, 0.25) is 0 Å².